The molecule has 0 saturated heterocycles. The number of nitrogens with one attached hydrogen (secondary N) is 1. The first kappa shape index (κ1) is 16.1. The van der Waals surface area contributed by atoms with E-state index in [0.29, 0.717) is 12.0 Å². The Morgan fingerprint density at radius 1 is 1.14 bits per heavy atom. The average molecular weight is 354 g/mol. The minimum absolute atomic E-state index is 0.142. The molecule has 0 aliphatic carbocycles. The Balaban J connectivity index is 2.32. The number of rotatable bonds is 5. The van der Waals surface area contributed by atoms with Gasteiger partial charge in [-0.15, -0.1) is 0 Å². The van der Waals surface area contributed by atoms with Gasteiger partial charge in [0.25, 0.3) is 0 Å². The number of likely N-dealkylation sites (N-methyl/N-ethyl adjacent to an activating group) is 1. The van der Waals surface area contributed by atoms with E-state index in [0.717, 1.165) is 22.1 Å². The van der Waals surface area contributed by atoms with E-state index in [2.05, 4.69) is 21.2 Å². The average Bonchev–Trinajstić information content (AvgIpc) is 2.44. The van der Waals surface area contributed by atoms with Gasteiger partial charge >= 0.3 is 0 Å². The molecule has 0 heterocycles. The summed E-state index contributed by atoms with van der Waals surface area (Å²) in [7, 11) is 0. The SMILES string of the molecule is CCNC(Cc1ccc(F)cc1C)c1cc(Br)ccc1F. The van der Waals surface area contributed by atoms with Crippen molar-refractivity contribution in [1.82, 2.24) is 5.32 Å². The summed E-state index contributed by atoms with van der Waals surface area (Å²) in [5.74, 6) is -0.478. The molecule has 0 fully saturated rings. The van der Waals surface area contributed by atoms with Crippen LogP contribution < -0.4 is 5.32 Å². The summed E-state index contributed by atoms with van der Waals surface area (Å²) in [5, 5.41) is 3.30. The van der Waals surface area contributed by atoms with Crippen molar-refractivity contribution < 1.29 is 8.78 Å². The highest BCUT2D eigenvalue weighted by Gasteiger charge is 2.17. The van der Waals surface area contributed by atoms with E-state index in [4.69, 9.17) is 0 Å². The maximum Gasteiger partial charge on any atom is 0.128 e. The van der Waals surface area contributed by atoms with Gasteiger partial charge in [-0.05, 0) is 61.3 Å². The van der Waals surface area contributed by atoms with Crippen molar-refractivity contribution >= 4 is 15.9 Å². The summed E-state index contributed by atoms with van der Waals surface area (Å²) in [5.41, 5.74) is 2.52. The van der Waals surface area contributed by atoms with E-state index < -0.39 is 0 Å². The van der Waals surface area contributed by atoms with Gasteiger partial charge in [-0.3, -0.25) is 0 Å². The van der Waals surface area contributed by atoms with Crippen LogP contribution >= 0.6 is 15.9 Å². The fraction of sp³-hybridized carbons (Fsp3) is 0.294. The van der Waals surface area contributed by atoms with Gasteiger partial charge in [0.05, 0.1) is 0 Å². The molecule has 112 valence electrons. The predicted molar refractivity (Wildman–Crippen MR) is 85.4 cm³/mol. The van der Waals surface area contributed by atoms with Crippen LogP contribution in [0.3, 0.4) is 0 Å². The van der Waals surface area contributed by atoms with E-state index in [1.807, 2.05) is 13.8 Å². The molecular formula is C17H18BrF2N. The first-order valence-corrected chi connectivity index (χ1v) is 7.74. The van der Waals surface area contributed by atoms with Crippen LogP contribution in [0.2, 0.25) is 0 Å². The van der Waals surface area contributed by atoms with Crippen molar-refractivity contribution in [3.05, 3.63) is 69.2 Å². The lowest BCUT2D eigenvalue weighted by molar-refractivity contribution is 0.508. The first-order chi connectivity index (χ1) is 10.0. The Hall–Kier alpha value is -1.26. The maximum absolute atomic E-state index is 14.1. The normalized spacial score (nSPS) is 12.4. The van der Waals surface area contributed by atoms with Gasteiger partial charge < -0.3 is 5.32 Å². The topological polar surface area (TPSA) is 12.0 Å². The highest BCUT2D eigenvalue weighted by molar-refractivity contribution is 9.10. The van der Waals surface area contributed by atoms with Crippen LogP contribution in [-0.4, -0.2) is 6.54 Å². The summed E-state index contributed by atoms with van der Waals surface area (Å²) in [4.78, 5) is 0. The molecule has 0 saturated carbocycles. The molecule has 0 bridgehead atoms. The second-order valence-corrected chi connectivity index (χ2v) is 5.97. The molecule has 0 aliphatic rings. The summed E-state index contributed by atoms with van der Waals surface area (Å²) in [6.45, 7) is 4.59. The monoisotopic (exact) mass is 353 g/mol. The van der Waals surface area contributed by atoms with E-state index in [-0.39, 0.29) is 17.7 Å². The molecule has 0 spiro atoms. The molecule has 1 N–H and O–H groups in total. The Kier molecular flexibility index (Phi) is 5.48. The lowest BCUT2D eigenvalue weighted by Gasteiger charge is -2.20. The molecule has 2 aromatic rings. The standard InChI is InChI=1S/C17H18BrF2N/c1-3-21-17(15-10-13(18)5-7-16(15)20)9-12-4-6-14(19)8-11(12)2/h4-8,10,17,21H,3,9H2,1-2H3. The van der Waals surface area contributed by atoms with Gasteiger partial charge in [0.2, 0.25) is 0 Å². The molecule has 0 aliphatic heterocycles. The predicted octanol–water partition coefficient (Wildman–Crippen LogP) is 4.93. The molecule has 2 aromatic carbocycles. The van der Waals surface area contributed by atoms with Crippen LogP contribution in [0.25, 0.3) is 0 Å². The zero-order valence-corrected chi connectivity index (χ0v) is 13.7. The van der Waals surface area contributed by atoms with Crippen molar-refractivity contribution in [2.45, 2.75) is 26.3 Å². The summed E-state index contributed by atoms with van der Waals surface area (Å²) >= 11 is 3.38. The van der Waals surface area contributed by atoms with Crippen LogP contribution in [0.4, 0.5) is 8.78 Å². The summed E-state index contributed by atoms with van der Waals surface area (Å²) < 4.78 is 28.1. The van der Waals surface area contributed by atoms with Gasteiger partial charge in [-0.1, -0.05) is 28.9 Å². The number of benzene rings is 2. The number of hydrogen-bond acceptors (Lipinski definition) is 1. The summed E-state index contributed by atoms with van der Waals surface area (Å²) in [6.07, 6.45) is 0.618. The third kappa shape index (κ3) is 4.11. The van der Waals surface area contributed by atoms with Gasteiger partial charge in [0.1, 0.15) is 11.6 Å². The third-order valence-corrected chi connectivity index (χ3v) is 4.01. The van der Waals surface area contributed by atoms with E-state index in [1.54, 1.807) is 18.2 Å². The lowest BCUT2D eigenvalue weighted by atomic mass is 9.95. The molecule has 2 rings (SSSR count). The molecule has 0 aromatic heterocycles. The number of hydrogen-bond donors (Lipinski definition) is 1. The van der Waals surface area contributed by atoms with Crippen molar-refractivity contribution in [3.63, 3.8) is 0 Å². The van der Waals surface area contributed by atoms with Gasteiger partial charge in [0.15, 0.2) is 0 Å². The molecule has 21 heavy (non-hydrogen) atoms. The lowest BCUT2D eigenvalue weighted by Crippen LogP contribution is -2.24. The molecule has 0 radical (unpaired) electrons. The second-order valence-electron chi connectivity index (χ2n) is 5.05. The van der Waals surface area contributed by atoms with Crippen LogP contribution in [0.5, 0.6) is 0 Å². The van der Waals surface area contributed by atoms with Crippen molar-refractivity contribution in [2.75, 3.05) is 6.54 Å². The Morgan fingerprint density at radius 3 is 2.57 bits per heavy atom. The highest BCUT2D eigenvalue weighted by Crippen LogP contribution is 2.26. The number of aryl methyl sites for hydroxylation is 1. The van der Waals surface area contributed by atoms with Gasteiger partial charge in [-0.2, -0.15) is 0 Å². The van der Waals surface area contributed by atoms with Crippen LogP contribution in [0.1, 0.15) is 29.7 Å². The largest absolute Gasteiger partial charge is 0.310 e. The van der Waals surface area contributed by atoms with Crippen molar-refractivity contribution in [2.24, 2.45) is 0 Å². The first-order valence-electron chi connectivity index (χ1n) is 6.94. The van der Waals surface area contributed by atoms with E-state index in [9.17, 15) is 8.78 Å². The van der Waals surface area contributed by atoms with E-state index in [1.165, 1.54) is 18.2 Å². The molecule has 1 atom stereocenters. The highest BCUT2D eigenvalue weighted by atomic mass is 79.9. The number of halogens is 3. The van der Waals surface area contributed by atoms with Gasteiger partial charge in [-0.25, -0.2) is 8.78 Å². The zero-order chi connectivity index (χ0) is 15.4. The third-order valence-electron chi connectivity index (χ3n) is 3.51. The molecule has 4 heteroatoms. The van der Waals surface area contributed by atoms with Crippen LogP contribution in [-0.2, 0) is 6.42 Å². The van der Waals surface area contributed by atoms with E-state index >= 15 is 0 Å². The van der Waals surface area contributed by atoms with Crippen molar-refractivity contribution in [1.29, 1.82) is 0 Å². The van der Waals surface area contributed by atoms with Gasteiger partial charge in [0, 0.05) is 16.1 Å². The Morgan fingerprint density at radius 2 is 1.90 bits per heavy atom. The zero-order valence-electron chi connectivity index (χ0n) is 12.1. The maximum atomic E-state index is 14.1. The fourth-order valence-electron chi connectivity index (χ4n) is 2.43. The molecule has 1 unspecified atom stereocenters. The Labute approximate surface area is 132 Å². The van der Waals surface area contributed by atoms with Crippen LogP contribution in [0, 0.1) is 18.6 Å². The fourth-order valence-corrected chi connectivity index (χ4v) is 2.81. The molecule has 1 nitrogen and oxygen atoms in total. The quantitative estimate of drug-likeness (QED) is 0.803. The summed E-state index contributed by atoms with van der Waals surface area (Å²) in [6, 6.07) is 9.52. The molecular weight excluding hydrogens is 336 g/mol. The second kappa shape index (κ2) is 7.14. The smallest absolute Gasteiger partial charge is 0.128 e. The minimum atomic E-state index is -0.245. The molecule has 0 amide bonds. The Bertz CT molecular complexity index is 628. The van der Waals surface area contributed by atoms with Crippen molar-refractivity contribution in [3.8, 4) is 0 Å². The minimum Gasteiger partial charge on any atom is -0.310 e. The van der Waals surface area contributed by atoms with Crippen LogP contribution in [0.15, 0.2) is 40.9 Å².